The van der Waals surface area contributed by atoms with Gasteiger partial charge in [-0.15, -0.1) is 12.4 Å². The first-order valence-corrected chi connectivity index (χ1v) is 9.84. The van der Waals surface area contributed by atoms with Gasteiger partial charge in [0.1, 0.15) is 30.0 Å². The van der Waals surface area contributed by atoms with E-state index >= 15 is 0 Å². The SMILES string of the molecule is COc1cccc(C(NCC(O)COc2ccc(Cl)cc2Cl)c2nccn2C)c1.Cl. The summed E-state index contributed by atoms with van der Waals surface area (Å²) in [5.41, 5.74) is 0.979. The molecule has 0 amide bonds. The number of nitrogens with one attached hydrogen (secondary N) is 1. The van der Waals surface area contributed by atoms with Crippen molar-refractivity contribution in [2.45, 2.75) is 12.1 Å². The summed E-state index contributed by atoms with van der Waals surface area (Å²) in [4.78, 5) is 4.46. The largest absolute Gasteiger partial charge is 0.497 e. The third-order valence-corrected chi connectivity index (χ3v) is 4.96. The molecule has 0 aliphatic heterocycles. The Morgan fingerprint density at radius 3 is 2.67 bits per heavy atom. The van der Waals surface area contributed by atoms with E-state index < -0.39 is 6.10 Å². The fourth-order valence-electron chi connectivity index (χ4n) is 2.93. The van der Waals surface area contributed by atoms with Gasteiger partial charge in [-0.05, 0) is 35.9 Å². The van der Waals surface area contributed by atoms with E-state index in [1.54, 1.807) is 31.5 Å². The number of imidazole rings is 1. The predicted octanol–water partition coefficient (Wildman–Crippen LogP) is 4.28. The number of methoxy groups -OCH3 is 1. The molecule has 1 heterocycles. The molecule has 0 radical (unpaired) electrons. The number of nitrogens with zero attached hydrogens (tertiary/aromatic N) is 2. The average Bonchev–Trinajstić information content (AvgIpc) is 3.13. The van der Waals surface area contributed by atoms with Gasteiger partial charge in [0.25, 0.3) is 0 Å². The van der Waals surface area contributed by atoms with Crippen LogP contribution in [0.1, 0.15) is 17.4 Å². The van der Waals surface area contributed by atoms with Crippen molar-refractivity contribution in [1.82, 2.24) is 14.9 Å². The van der Waals surface area contributed by atoms with Crippen molar-refractivity contribution in [3.05, 3.63) is 76.3 Å². The van der Waals surface area contributed by atoms with Crippen LogP contribution in [0.2, 0.25) is 10.0 Å². The van der Waals surface area contributed by atoms with Gasteiger partial charge < -0.3 is 24.5 Å². The molecule has 2 N–H and O–H groups in total. The van der Waals surface area contributed by atoms with Gasteiger partial charge in [-0.2, -0.15) is 0 Å². The van der Waals surface area contributed by atoms with Gasteiger partial charge in [-0.1, -0.05) is 35.3 Å². The van der Waals surface area contributed by atoms with E-state index in [9.17, 15) is 5.11 Å². The molecule has 0 aliphatic carbocycles. The minimum Gasteiger partial charge on any atom is -0.497 e. The van der Waals surface area contributed by atoms with E-state index in [4.69, 9.17) is 32.7 Å². The van der Waals surface area contributed by atoms with E-state index in [2.05, 4.69) is 10.3 Å². The summed E-state index contributed by atoms with van der Waals surface area (Å²) in [5.74, 6) is 2.06. The first-order valence-electron chi connectivity index (χ1n) is 9.08. The van der Waals surface area contributed by atoms with Crippen LogP contribution >= 0.6 is 35.6 Å². The van der Waals surface area contributed by atoms with Gasteiger partial charge >= 0.3 is 0 Å². The molecule has 1 aromatic heterocycles. The summed E-state index contributed by atoms with van der Waals surface area (Å²) in [5, 5.41) is 14.7. The summed E-state index contributed by atoms with van der Waals surface area (Å²) in [6.07, 6.45) is 2.87. The number of hydrogen-bond donors (Lipinski definition) is 2. The third kappa shape index (κ3) is 6.27. The van der Waals surface area contributed by atoms with Crippen molar-refractivity contribution in [3.8, 4) is 11.5 Å². The molecular weight excluding hydrogens is 449 g/mol. The van der Waals surface area contributed by atoms with E-state index in [1.165, 1.54) is 0 Å². The molecular formula is C21H24Cl3N3O3. The van der Waals surface area contributed by atoms with Gasteiger partial charge in [0.2, 0.25) is 0 Å². The highest BCUT2D eigenvalue weighted by Gasteiger charge is 2.20. The Bertz CT molecular complexity index is 952. The van der Waals surface area contributed by atoms with Crippen LogP contribution in [0, 0.1) is 0 Å². The monoisotopic (exact) mass is 471 g/mol. The van der Waals surface area contributed by atoms with Crippen LogP contribution in [0.4, 0.5) is 0 Å². The molecule has 30 heavy (non-hydrogen) atoms. The number of aliphatic hydroxyl groups is 1. The first-order chi connectivity index (χ1) is 14.0. The lowest BCUT2D eigenvalue weighted by Gasteiger charge is -2.22. The molecule has 0 saturated carbocycles. The molecule has 3 rings (SSSR count). The number of halogens is 3. The Kier molecular flexibility index (Phi) is 9.27. The molecule has 0 saturated heterocycles. The second-order valence-electron chi connectivity index (χ2n) is 6.55. The van der Waals surface area contributed by atoms with E-state index in [0.29, 0.717) is 22.3 Å². The Labute approximate surface area is 192 Å². The van der Waals surface area contributed by atoms with Gasteiger partial charge in [-0.3, -0.25) is 0 Å². The van der Waals surface area contributed by atoms with Crippen molar-refractivity contribution < 1.29 is 14.6 Å². The summed E-state index contributed by atoms with van der Waals surface area (Å²) < 4.78 is 12.9. The quantitative estimate of drug-likeness (QED) is 0.487. The highest BCUT2D eigenvalue weighted by molar-refractivity contribution is 6.35. The Hall–Kier alpha value is -1.96. The fourth-order valence-corrected chi connectivity index (χ4v) is 3.39. The lowest BCUT2D eigenvalue weighted by molar-refractivity contribution is 0.104. The molecule has 0 aliphatic rings. The van der Waals surface area contributed by atoms with Crippen molar-refractivity contribution in [1.29, 1.82) is 0 Å². The standard InChI is InChI=1S/C21H23Cl2N3O3.ClH/c1-26-9-8-24-21(26)20(14-4-3-5-17(10-14)28-2)25-12-16(27)13-29-19-7-6-15(22)11-18(19)23;/h3-11,16,20,25,27H,12-13H2,1-2H3;1H. The minimum absolute atomic E-state index is 0. The van der Waals surface area contributed by atoms with Crippen molar-refractivity contribution in [2.75, 3.05) is 20.3 Å². The van der Waals surface area contributed by atoms with Crippen LogP contribution in [0.3, 0.4) is 0 Å². The van der Waals surface area contributed by atoms with Gasteiger partial charge in [0.15, 0.2) is 0 Å². The maximum Gasteiger partial charge on any atom is 0.138 e. The summed E-state index contributed by atoms with van der Waals surface area (Å²) in [7, 11) is 3.56. The van der Waals surface area contributed by atoms with Crippen molar-refractivity contribution in [3.63, 3.8) is 0 Å². The molecule has 2 aromatic carbocycles. The molecule has 0 fully saturated rings. The Morgan fingerprint density at radius 1 is 1.20 bits per heavy atom. The topological polar surface area (TPSA) is 68.5 Å². The highest BCUT2D eigenvalue weighted by atomic mass is 35.5. The fraction of sp³-hybridized carbons (Fsp3) is 0.286. The number of hydrogen-bond acceptors (Lipinski definition) is 5. The van der Waals surface area contributed by atoms with Gasteiger partial charge in [-0.25, -0.2) is 4.98 Å². The lowest BCUT2D eigenvalue weighted by atomic mass is 10.1. The minimum atomic E-state index is -0.755. The van der Waals surface area contributed by atoms with Gasteiger partial charge in [0, 0.05) is 31.0 Å². The van der Waals surface area contributed by atoms with Crippen LogP contribution in [-0.4, -0.2) is 41.0 Å². The highest BCUT2D eigenvalue weighted by Crippen LogP contribution is 2.28. The molecule has 6 nitrogen and oxygen atoms in total. The van der Waals surface area contributed by atoms with E-state index in [-0.39, 0.29) is 25.1 Å². The zero-order valence-corrected chi connectivity index (χ0v) is 18.9. The second-order valence-corrected chi connectivity index (χ2v) is 7.40. The average molecular weight is 473 g/mol. The van der Waals surface area contributed by atoms with E-state index in [1.807, 2.05) is 42.1 Å². The molecule has 3 aromatic rings. The molecule has 9 heteroatoms. The molecule has 2 atom stereocenters. The van der Waals surface area contributed by atoms with Crippen LogP contribution in [0.5, 0.6) is 11.5 Å². The summed E-state index contributed by atoms with van der Waals surface area (Å²) in [6, 6.07) is 12.5. The van der Waals surface area contributed by atoms with Crippen molar-refractivity contribution >= 4 is 35.6 Å². The summed E-state index contributed by atoms with van der Waals surface area (Å²) >= 11 is 12.0. The second kappa shape index (κ2) is 11.4. The predicted molar refractivity (Wildman–Crippen MR) is 121 cm³/mol. The number of aromatic nitrogens is 2. The smallest absolute Gasteiger partial charge is 0.138 e. The third-order valence-electron chi connectivity index (χ3n) is 4.43. The maximum atomic E-state index is 10.4. The number of rotatable bonds is 9. The molecule has 2 unspecified atom stereocenters. The maximum absolute atomic E-state index is 10.4. The van der Waals surface area contributed by atoms with Crippen LogP contribution in [-0.2, 0) is 7.05 Å². The first kappa shape index (κ1) is 24.3. The van der Waals surface area contributed by atoms with Gasteiger partial charge in [0.05, 0.1) is 18.2 Å². The molecule has 162 valence electrons. The van der Waals surface area contributed by atoms with E-state index in [0.717, 1.165) is 17.1 Å². The number of aryl methyl sites for hydroxylation is 1. The van der Waals surface area contributed by atoms with Crippen LogP contribution in [0.25, 0.3) is 0 Å². The molecule has 0 spiro atoms. The number of ether oxygens (including phenoxy) is 2. The number of benzene rings is 2. The zero-order chi connectivity index (χ0) is 20.8. The Morgan fingerprint density at radius 2 is 2.00 bits per heavy atom. The van der Waals surface area contributed by atoms with Crippen LogP contribution < -0.4 is 14.8 Å². The summed E-state index contributed by atoms with van der Waals surface area (Å²) in [6.45, 7) is 0.375. The van der Waals surface area contributed by atoms with Crippen LogP contribution in [0.15, 0.2) is 54.9 Å². The number of aliphatic hydroxyl groups excluding tert-OH is 1. The normalized spacial score (nSPS) is 12.7. The Balaban J connectivity index is 0.00000320. The molecule has 0 bridgehead atoms. The zero-order valence-electron chi connectivity index (χ0n) is 16.6. The van der Waals surface area contributed by atoms with Crippen molar-refractivity contribution in [2.24, 2.45) is 7.05 Å². The lowest BCUT2D eigenvalue weighted by Crippen LogP contribution is -2.35.